The number of benzene rings is 2. The number of para-hydroxylation sites is 1. The van der Waals surface area contributed by atoms with Crippen molar-refractivity contribution >= 4 is 22.6 Å². The van der Waals surface area contributed by atoms with Crippen LogP contribution in [0.1, 0.15) is 11.1 Å². The molecule has 0 spiro atoms. The number of thioether (sulfide) groups is 1. The van der Waals surface area contributed by atoms with Gasteiger partial charge >= 0.3 is 5.17 Å². The van der Waals surface area contributed by atoms with Gasteiger partial charge in [-0.15, -0.1) is 0 Å². The van der Waals surface area contributed by atoms with Crippen molar-refractivity contribution < 1.29 is 9.68 Å². The second kappa shape index (κ2) is 5.14. The molecule has 0 saturated carbocycles. The minimum Gasteiger partial charge on any atom is -0.346 e. The minimum atomic E-state index is -0.942. The Morgan fingerprint density at radius 2 is 1.82 bits per heavy atom. The van der Waals surface area contributed by atoms with Gasteiger partial charge in [0.25, 0.3) is 5.72 Å². The summed E-state index contributed by atoms with van der Waals surface area (Å²) in [6.07, 6.45) is 0. The molecule has 0 aliphatic carbocycles. The summed E-state index contributed by atoms with van der Waals surface area (Å²) in [6.45, 7) is 3.58. The van der Waals surface area contributed by atoms with E-state index in [0.29, 0.717) is 6.54 Å². The number of nitrogens with zero attached hydrogens (tertiary/aromatic N) is 2. The van der Waals surface area contributed by atoms with Crippen molar-refractivity contribution in [1.29, 1.82) is 0 Å². The van der Waals surface area contributed by atoms with Crippen LogP contribution in [-0.4, -0.2) is 33.7 Å². The quantitative estimate of drug-likeness (QED) is 0.864. The van der Waals surface area contributed by atoms with Crippen molar-refractivity contribution in [1.82, 2.24) is 0 Å². The van der Waals surface area contributed by atoms with E-state index >= 15 is 0 Å². The molecule has 2 aliphatic heterocycles. The maximum absolute atomic E-state index is 11.4. The summed E-state index contributed by atoms with van der Waals surface area (Å²) in [4.78, 5) is 2.26. The monoisotopic (exact) mass is 311 g/mol. The van der Waals surface area contributed by atoms with Gasteiger partial charge in [0.1, 0.15) is 5.69 Å². The maximum Gasteiger partial charge on any atom is 0.316 e. The predicted molar refractivity (Wildman–Crippen MR) is 91.5 cm³/mol. The van der Waals surface area contributed by atoms with Crippen molar-refractivity contribution in [3.05, 3.63) is 65.7 Å². The van der Waals surface area contributed by atoms with Crippen molar-refractivity contribution in [3.8, 4) is 0 Å². The zero-order chi connectivity index (χ0) is 15.2. The van der Waals surface area contributed by atoms with E-state index in [1.54, 1.807) is 0 Å². The largest absolute Gasteiger partial charge is 0.346 e. The van der Waals surface area contributed by atoms with Gasteiger partial charge in [0.15, 0.2) is 6.54 Å². The molecule has 2 aromatic rings. The van der Waals surface area contributed by atoms with Crippen molar-refractivity contribution in [2.45, 2.75) is 12.6 Å². The minimum absolute atomic E-state index is 0.574. The van der Waals surface area contributed by atoms with E-state index in [9.17, 15) is 5.11 Å². The average molecular weight is 311 g/mol. The van der Waals surface area contributed by atoms with Crippen LogP contribution in [0.3, 0.4) is 0 Å². The SMILES string of the molecule is Cc1ccccc1N1C[C@](O)(c2ccccc2)[N+]2=C1SCC2. The van der Waals surface area contributed by atoms with Gasteiger partial charge in [-0.1, -0.05) is 48.5 Å². The summed E-state index contributed by atoms with van der Waals surface area (Å²) in [6, 6.07) is 18.4. The third-order valence-corrected chi connectivity index (χ3v) is 5.56. The lowest BCUT2D eigenvalue weighted by Gasteiger charge is -2.23. The molecule has 22 heavy (non-hydrogen) atoms. The number of rotatable bonds is 2. The molecular weight excluding hydrogens is 292 g/mol. The normalized spacial score (nSPS) is 24.0. The zero-order valence-corrected chi connectivity index (χ0v) is 13.4. The van der Waals surface area contributed by atoms with Crippen LogP contribution in [0, 0.1) is 6.92 Å². The van der Waals surface area contributed by atoms with Gasteiger partial charge in [-0.3, -0.25) is 0 Å². The lowest BCUT2D eigenvalue weighted by Crippen LogP contribution is -2.41. The molecule has 112 valence electrons. The van der Waals surface area contributed by atoms with E-state index in [1.165, 1.54) is 16.4 Å². The van der Waals surface area contributed by atoms with Crippen molar-refractivity contribution in [2.75, 3.05) is 23.7 Å². The van der Waals surface area contributed by atoms with Crippen LogP contribution in [0.5, 0.6) is 0 Å². The van der Waals surface area contributed by atoms with Gasteiger partial charge in [0.05, 0.1) is 6.54 Å². The number of aryl methyl sites for hydroxylation is 1. The molecule has 3 nitrogen and oxygen atoms in total. The predicted octanol–water partition coefficient (Wildman–Crippen LogP) is 2.78. The Morgan fingerprint density at radius 1 is 1.09 bits per heavy atom. The Hall–Kier alpha value is -1.78. The number of aliphatic hydroxyl groups is 1. The van der Waals surface area contributed by atoms with Gasteiger partial charge in [-0.05, 0) is 30.3 Å². The first-order valence-corrected chi connectivity index (χ1v) is 8.57. The first-order valence-electron chi connectivity index (χ1n) is 7.58. The number of hydrogen-bond donors (Lipinski definition) is 1. The highest BCUT2D eigenvalue weighted by molar-refractivity contribution is 8.14. The van der Waals surface area contributed by atoms with E-state index < -0.39 is 5.72 Å². The first kappa shape index (κ1) is 13.9. The molecular formula is C18H19N2OS+. The first-order chi connectivity index (χ1) is 10.7. The summed E-state index contributed by atoms with van der Waals surface area (Å²) >= 11 is 1.83. The summed E-state index contributed by atoms with van der Waals surface area (Å²) in [5.41, 5.74) is 2.44. The molecule has 0 saturated heterocycles. The molecule has 0 fully saturated rings. The highest BCUT2D eigenvalue weighted by Gasteiger charge is 2.54. The second-order valence-electron chi connectivity index (χ2n) is 5.84. The number of anilines is 1. The fourth-order valence-electron chi connectivity index (χ4n) is 3.35. The zero-order valence-electron chi connectivity index (χ0n) is 12.6. The maximum atomic E-state index is 11.4. The van der Waals surface area contributed by atoms with Crippen LogP contribution in [-0.2, 0) is 5.72 Å². The molecule has 1 atom stereocenters. The summed E-state index contributed by atoms with van der Waals surface area (Å²) < 4.78 is 2.15. The summed E-state index contributed by atoms with van der Waals surface area (Å²) in [5, 5.41) is 12.6. The average Bonchev–Trinajstić information content (AvgIpc) is 3.13. The van der Waals surface area contributed by atoms with E-state index in [2.05, 4.69) is 40.7 Å². The number of amidine groups is 1. The second-order valence-corrected chi connectivity index (χ2v) is 6.90. The highest BCUT2D eigenvalue weighted by Crippen LogP contribution is 2.38. The molecule has 0 radical (unpaired) electrons. The third-order valence-electron chi connectivity index (χ3n) is 4.48. The van der Waals surface area contributed by atoms with E-state index in [1.807, 2.05) is 42.1 Å². The van der Waals surface area contributed by atoms with Gasteiger partial charge < -0.3 is 5.11 Å². The molecule has 4 rings (SSSR count). The van der Waals surface area contributed by atoms with Crippen LogP contribution in [0.2, 0.25) is 0 Å². The molecule has 0 unspecified atom stereocenters. The van der Waals surface area contributed by atoms with E-state index in [0.717, 1.165) is 17.9 Å². The van der Waals surface area contributed by atoms with Crippen LogP contribution >= 0.6 is 11.8 Å². The highest BCUT2D eigenvalue weighted by atomic mass is 32.2. The molecule has 4 heteroatoms. The van der Waals surface area contributed by atoms with Gasteiger partial charge in [-0.25, -0.2) is 9.48 Å². The van der Waals surface area contributed by atoms with Crippen molar-refractivity contribution in [3.63, 3.8) is 0 Å². The standard InChI is InChI=1S/C18H19N2OS/c1-14-7-5-6-10-16(14)19-13-18(21,15-8-3-2-4-9-15)20-11-12-22-17(19)20/h2-10,21H,11-13H2,1H3/q+1/t18-/m0/s1. The molecule has 2 aliphatic rings. The smallest absolute Gasteiger partial charge is 0.316 e. The van der Waals surface area contributed by atoms with Crippen LogP contribution in [0.4, 0.5) is 5.69 Å². The van der Waals surface area contributed by atoms with Gasteiger partial charge in [0.2, 0.25) is 0 Å². The Bertz CT molecular complexity index is 744. The van der Waals surface area contributed by atoms with E-state index in [4.69, 9.17) is 0 Å². The molecule has 1 N–H and O–H groups in total. The van der Waals surface area contributed by atoms with Gasteiger partial charge in [0, 0.05) is 11.3 Å². The summed E-state index contributed by atoms with van der Waals surface area (Å²) in [7, 11) is 0. The Kier molecular flexibility index (Phi) is 3.24. The third kappa shape index (κ3) is 1.98. The summed E-state index contributed by atoms with van der Waals surface area (Å²) in [5.74, 6) is 1.02. The lowest BCUT2D eigenvalue weighted by atomic mass is 10.0. The number of β-amino-alcohol motifs (C(OH)–C–C–N with tert-alkyl or cyclic N) is 1. The Balaban J connectivity index is 1.82. The lowest BCUT2D eigenvalue weighted by molar-refractivity contribution is -0.650. The Labute approximate surface area is 134 Å². The van der Waals surface area contributed by atoms with Crippen LogP contribution < -0.4 is 4.90 Å². The van der Waals surface area contributed by atoms with Crippen molar-refractivity contribution in [2.24, 2.45) is 0 Å². The van der Waals surface area contributed by atoms with Crippen LogP contribution in [0.25, 0.3) is 0 Å². The fourth-order valence-corrected chi connectivity index (χ4v) is 4.52. The fraction of sp³-hybridized carbons (Fsp3) is 0.278. The Morgan fingerprint density at radius 3 is 2.59 bits per heavy atom. The topological polar surface area (TPSA) is 26.5 Å². The molecule has 2 aromatic carbocycles. The number of hydrogen-bond acceptors (Lipinski definition) is 3. The van der Waals surface area contributed by atoms with Crippen LogP contribution in [0.15, 0.2) is 54.6 Å². The molecule has 0 aromatic heterocycles. The molecule has 2 heterocycles. The van der Waals surface area contributed by atoms with Gasteiger partial charge in [-0.2, -0.15) is 0 Å². The molecule has 0 amide bonds. The molecule has 0 bridgehead atoms. The van der Waals surface area contributed by atoms with E-state index in [-0.39, 0.29) is 0 Å².